The van der Waals surface area contributed by atoms with E-state index in [2.05, 4.69) is 50.8 Å². The van der Waals surface area contributed by atoms with E-state index in [1.807, 2.05) is 0 Å². The Hall–Kier alpha value is -1.02. The Labute approximate surface area is 106 Å². The minimum atomic E-state index is 0.658. The molecule has 0 amide bonds. The number of hydrogen-bond donors (Lipinski definition) is 1. The van der Waals surface area contributed by atoms with E-state index in [-0.39, 0.29) is 0 Å². The quantitative estimate of drug-likeness (QED) is 0.820. The number of para-hydroxylation sites is 1. The molecule has 0 radical (unpaired) electrons. The van der Waals surface area contributed by atoms with Crippen LogP contribution in [0.4, 0.5) is 5.69 Å². The van der Waals surface area contributed by atoms with E-state index in [9.17, 15) is 0 Å². The summed E-state index contributed by atoms with van der Waals surface area (Å²) in [6, 6.07) is 6.57. The molecule has 0 saturated heterocycles. The molecule has 2 heteroatoms. The van der Waals surface area contributed by atoms with E-state index < -0.39 is 0 Å². The fourth-order valence-electron chi connectivity index (χ4n) is 2.35. The molecule has 0 aromatic heterocycles. The minimum absolute atomic E-state index is 0.658. The van der Waals surface area contributed by atoms with Crippen molar-refractivity contribution in [2.45, 2.75) is 34.1 Å². The van der Waals surface area contributed by atoms with Gasteiger partial charge >= 0.3 is 0 Å². The molecule has 0 spiro atoms. The number of anilines is 1. The predicted molar refractivity (Wildman–Crippen MR) is 76.7 cm³/mol. The van der Waals surface area contributed by atoms with Crippen molar-refractivity contribution in [1.82, 2.24) is 0 Å². The van der Waals surface area contributed by atoms with Gasteiger partial charge in [-0.15, -0.1) is 0 Å². The normalized spacial score (nSPS) is 10.9. The number of benzene rings is 1. The minimum Gasteiger partial charge on any atom is -0.370 e. The monoisotopic (exact) mass is 234 g/mol. The maximum absolute atomic E-state index is 5.74. The fourth-order valence-corrected chi connectivity index (χ4v) is 2.35. The Bertz CT molecular complexity index is 345. The van der Waals surface area contributed by atoms with Gasteiger partial charge in [-0.2, -0.15) is 0 Å². The summed E-state index contributed by atoms with van der Waals surface area (Å²) in [5.74, 6) is 0.658. The third-order valence-electron chi connectivity index (χ3n) is 3.00. The highest BCUT2D eigenvalue weighted by Gasteiger charge is 2.13. The van der Waals surface area contributed by atoms with Crippen LogP contribution < -0.4 is 10.6 Å². The lowest BCUT2D eigenvalue weighted by Gasteiger charge is -2.30. The van der Waals surface area contributed by atoms with Gasteiger partial charge in [-0.05, 0) is 30.4 Å². The van der Waals surface area contributed by atoms with Gasteiger partial charge in [0, 0.05) is 25.3 Å². The molecule has 1 rings (SSSR count). The maximum atomic E-state index is 5.74. The number of hydrogen-bond acceptors (Lipinski definition) is 2. The molecule has 1 aromatic carbocycles. The molecule has 0 fully saturated rings. The first-order valence-electron chi connectivity index (χ1n) is 6.63. The first kappa shape index (κ1) is 14.0. The van der Waals surface area contributed by atoms with Crippen molar-refractivity contribution in [2.24, 2.45) is 11.7 Å². The average molecular weight is 234 g/mol. The second kappa shape index (κ2) is 6.65. The lowest BCUT2D eigenvalue weighted by Crippen LogP contribution is -2.33. The SMILES string of the molecule is CCc1cccc(C)c1N(CCN)CC(C)C. The van der Waals surface area contributed by atoms with E-state index in [4.69, 9.17) is 5.73 Å². The van der Waals surface area contributed by atoms with Crippen LogP contribution in [0.5, 0.6) is 0 Å². The molecule has 0 heterocycles. The van der Waals surface area contributed by atoms with Gasteiger partial charge in [0.15, 0.2) is 0 Å². The highest BCUT2D eigenvalue weighted by molar-refractivity contribution is 5.59. The summed E-state index contributed by atoms with van der Waals surface area (Å²) in [6.07, 6.45) is 1.08. The van der Waals surface area contributed by atoms with Gasteiger partial charge in [-0.1, -0.05) is 39.0 Å². The summed E-state index contributed by atoms with van der Waals surface area (Å²) in [7, 11) is 0. The standard InChI is InChI=1S/C15H26N2/c1-5-14-8-6-7-13(4)15(14)17(10-9-16)11-12(2)3/h6-8,12H,5,9-11,16H2,1-4H3. The number of nitrogens with zero attached hydrogens (tertiary/aromatic N) is 1. The van der Waals surface area contributed by atoms with Crippen LogP contribution in [-0.4, -0.2) is 19.6 Å². The summed E-state index contributed by atoms with van der Waals surface area (Å²) >= 11 is 0. The molecule has 96 valence electrons. The molecule has 2 nitrogen and oxygen atoms in total. The Kier molecular flexibility index (Phi) is 5.49. The Morgan fingerprint density at radius 1 is 1.29 bits per heavy atom. The zero-order chi connectivity index (χ0) is 12.8. The molecule has 0 aliphatic carbocycles. The molecule has 0 atom stereocenters. The van der Waals surface area contributed by atoms with Crippen molar-refractivity contribution in [2.75, 3.05) is 24.5 Å². The number of rotatable bonds is 6. The van der Waals surface area contributed by atoms with Crippen molar-refractivity contribution in [3.8, 4) is 0 Å². The van der Waals surface area contributed by atoms with Crippen LogP contribution in [0.2, 0.25) is 0 Å². The number of aryl methyl sites for hydroxylation is 2. The van der Waals surface area contributed by atoms with Crippen molar-refractivity contribution in [3.05, 3.63) is 29.3 Å². The first-order chi connectivity index (χ1) is 8.10. The van der Waals surface area contributed by atoms with Gasteiger partial charge in [0.25, 0.3) is 0 Å². The molecule has 17 heavy (non-hydrogen) atoms. The largest absolute Gasteiger partial charge is 0.370 e. The predicted octanol–water partition coefficient (Wildman–Crippen LogP) is 2.98. The topological polar surface area (TPSA) is 29.3 Å². The van der Waals surface area contributed by atoms with Gasteiger partial charge in [0.05, 0.1) is 0 Å². The van der Waals surface area contributed by atoms with Crippen LogP contribution >= 0.6 is 0 Å². The van der Waals surface area contributed by atoms with Crippen LogP contribution in [0.25, 0.3) is 0 Å². The molecular formula is C15H26N2. The van der Waals surface area contributed by atoms with Gasteiger partial charge in [0.1, 0.15) is 0 Å². The Balaban J connectivity index is 3.07. The van der Waals surface area contributed by atoms with E-state index in [0.717, 1.165) is 19.5 Å². The summed E-state index contributed by atoms with van der Waals surface area (Å²) in [5, 5.41) is 0. The lowest BCUT2D eigenvalue weighted by atomic mass is 10.0. The molecule has 0 aliphatic heterocycles. The third-order valence-corrected chi connectivity index (χ3v) is 3.00. The van der Waals surface area contributed by atoms with Crippen LogP contribution in [0.15, 0.2) is 18.2 Å². The zero-order valence-corrected chi connectivity index (χ0v) is 11.7. The smallest absolute Gasteiger partial charge is 0.0428 e. The van der Waals surface area contributed by atoms with Crippen molar-refractivity contribution in [1.29, 1.82) is 0 Å². The second-order valence-electron chi connectivity index (χ2n) is 5.06. The van der Waals surface area contributed by atoms with Crippen LogP contribution in [0.3, 0.4) is 0 Å². The van der Waals surface area contributed by atoms with Crippen LogP contribution in [0, 0.1) is 12.8 Å². The number of nitrogens with two attached hydrogens (primary N) is 1. The highest BCUT2D eigenvalue weighted by Crippen LogP contribution is 2.26. The zero-order valence-electron chi connectivity index (χ0n) is 11.7. The van der Waals surface area contributed by atoms with Gasteiger partial charge in [0.2, 0.25) is 0 Å². The van der Waals surface area contributed by atoms with Gasteiger partial charge < -0.3 is 10.6 Å². The van der Waals surface area contributed by atoms with Gasteiger partial charge in [-0.25, -0.2) is 0 Å². The second-order valence-corrected chi connectivity index (χ2v) is 5.06. The summed E-state index contributed by atoms with van der Waals surface area (Å²) in [5.41, 5.74) is 9.93. The Morgan fingerprint density at radius 3 is 2.53 bits per heavy atom. The lowest BCUT2D eigenvalue weighted by molar-refractivity contribution is 0.609. The van der Waals surface area contributed by atoms with Crippen LogP contribution in [-0.2, 0) is 6.42 Å². The molecule has 0 unspecified atom stereocenters. The Morgan fingerprint density at radius 2 is 2.00 bits per heavy atom. The fraction of sp³-hybridized carbons (Fsp3) is 0.600. The summed E-state index contributed by atoms with van der Waals surface area (Å²) in [6.45, 7) is 11.7. The maximum Gasteiger partial charge on any atom is 0.0428 e. The van der Waals surface area contributed by atoms with E-state index in [0.29, 0.717) is 12.5 Å². The highest BCUT2D eigenvalue weighted by atomic mass is 15.1. The van der Waals surface area contributed by atoms with Crippen LogP contribution in [0.1, 0.15) is 31.9 Å². The van der Waals surface area contributed by atoms with Crippen molar-refractivity contribution < 1.29 is 0 Å². The molecule has 0 bridgehead atoms. The van der Waals surface area contributed by atoms with Crippen molar-refractivity contribution in [3.63, 3.8) is 0 Å². The van der Waals surface area contributed by atoms with E-state index in [1.165, 1.54) is 16.8 Å². The first-order valence-corrected chi connectivity index (χ1v) is 6.63. The average Bonchev–Trinajstić information content (AvgIpc) is 2.27. The molecule has 2 N–H and O–H groups in total. The van der Waals surface area contributed by atoms with E-state index >= 15 is 0 Å². The molecule has 1 aromatic rings. The summed E-state index contributed by atoms with van der Waals surface area (Å²) in [4.78, 5) is 2.44. The van der Waals surface area contributed by atoms with Crippen molar-refractivity contribution >= 4 is 5.69 Å². The third kappa shape index (κ3) is 3.74. The molecule has 0 aliphatic rings. The van der Waals surface area contributed by atoms with E-state index in [1.54, 1.807) is 0 Å². The van der Waals surface area contributed by atoms with Gasteiger partial charge in [-0.3, -0.25) is 0 Å². The summed E-state index contributed by atoms with van der Waals surface area (Å²) < 4.78 is 0. The molecular weight excluding hydrogens is 208 g/mol. The molecule has 0 saturated carbocycles.